The fraction of sp³-hybridized carbons (Fsp3) is 0.500. The average Bonchev–Trinajstić information content (AvgIpc) is 2.64. The Balaban J connectivity index is 2.40. The molecule has 4 N–H and O–H groups in total. The molecule has 0 saturated carbocycles. The molecular weight excluding hydrogens is 246 g/mol. The van der Waals surface area contributed by atoms with E-state index in [2.05, 4.69) is 54.5 Å². The van der Waals surface area contributed by atoms with E-state index in [-0.39, 0.29) is 5.41 Å². The number of nitrogens with one attached hydrogen (secondary N) is 2. The first-order chi connectivity index (χ1) is 8.39. The first-order valence-corrected chi connectivity index (χ1v) is 6.69. The highest BCUT2D eigenvalue weighted by molar-refractivity contribution is 7.18. The predicted octanol–water partition coefficient (Wildman–Crippen LogP) is 2.74. The van der Waals surface area contributed by atoms with Gasteiger partial charge in [-0.05, 0) is 18.4 Å². The zero-order valence-electron chi connectivity index (χ0n) is 11.2. The van der Waals surface area contributed by atoms with Gasteiger partial charge in [0.2, 0.25) is 5.95 Å². The Bertz CT molecular complexity index is 555. The maximum atomic E-state index is 5.40. The van der Waals surface area contributed by atoms with Gasteiger partial charge in [-0.1, -0.05) is 20.8 Å². The van der Waals surface area contributed by atoms with E-state index in [0.717, 1.165) is 22.6 Å². The van der Waals surface area contributed by atoms with E-state index in [4.69, 9.17) is 5.84 Å². The normalized spacial score (nSPS) is 11.8. The second-order valence-electron chi connectivity index (χ2n) is 5.53. The number of hydrogen-bond acceptors (Lipinski definition) is 6. The van der Waals surface area contributed by atoms with Crippen molar-refractivity contribution < 1.29 is 0 Å². The van der Waals surface area contributed by atoms with Crippen molar-refractivity contribution in [2.45, 2.75) is 27.7 Å². The van der Waals surface area contributed by atoms with Crippen LogP contribution in [0.1, 0.15) is 25.6 Å². The lowest BCUT2D eigenvalue weighted by molar-refractivity contribution is 0.442. The van der Waals surface area contributed by atoms with Crippen molar-refractivity contribution in [2.75, 3.05) is 17.3 Å². The summed E-state index contributed by atoms with van der Waals surface area (Å²) in [6.07, 6.45) is 0. The quantitative estimate of drug-likeness (QED) is 0.587. The standard InChI is InChI=1S/C12H19N5S/c1-7-5-8-9(14-6-12(2,3)4)15-11(17-13)16-10(8)18-7/h5H,6,13H2,1-4H3,(H2,14,15,16,17). The van der Waals surface area contributed by atoms with Crippen LogP contribution in [0.25, 0.3) is 10.2 Å². The number of hydrogen-bond donors (Lipinski definition) is 3. The molecule has 2 heterocycles. The Labute approximate surface area is 111 Å². The maximum Gasteiger partial charge on any atom is 0.240 e. The smallest absolute Gasteiger partial charge is 0.240 e. The molecule has 0 fully saturated rings. The van der Waals surface area contributed by atoms with Crippen LogP contribution >= 0.6 is 11.3 Å². The highest BCUT2D eigenvalue weighted by Crippen LogP contribution is 2.30. The summed E-state index contributed by atoms with van der Waals surface area (Å²) >= 11 is 1.64. The molecule has 0 amide bonds. The largest absolute Gasteiger partial charge is 0.369 e. The fourth-order valence-electron chi connectivity index (χ4n) is 1.59. The molecule has 0 atom stereocenters. The maximum absolute atomic E-state index is 5.40. The van der Waals surface area contributed by atoms with E-state index in [0.29, 0.717) is 5.95 Å². The van der Waals surface area contributed by atoms with Crippen molar-refractivity contribution in [1.29, 1.82) is 0 Å². The number of nitrogen functional groups attached to an aromatic ring is 1. The minimum Gasteiger partial charge on any atom is -0.369 e. The van der Waals surface area contributed by atoms with Crippen LogP contribution in [0.4, 0.5) is 11.8 Å². The number of nitrogens with two attached hydrogens (primary N) is 1. The molecule has 0 aliphatic heterocycles. The van der Waals surface area contributed by atoms with Gasteiger partial charge in [-0.2, -0.15) is 4.98 Å². The van der Waals surface area contributed by atoms with E-state index < -0.39 is 0 Å². The molecule has 0 unspecified atom stereocenters. The minimum atomic E-state index is 0.193. The first kappa shape index (κ1) is 13.0. The molecule has 0 aliphatic carbocycles. The van der Waals surface area contributed by atoms with Crippen molar-refractivity contribution >= 4 is 33.3 Å². The SMILES string of the molecule is Cc1cc2c(NCC(C)(C)C)nc(NN)nc2s1. The molecule has 2 rings (SSSR count). The van der Waals surface area contributed by atoms with Crippen molar-refractivity contribution in [3.8, 4) is 0 Å². The van der Waals surface area contributed by atoms with E-state index in [1.807, 2.05) is 0 Å². The minimum absolute atomic E-state index is 0.193. The number of hydrazine groups is 1. The second-order valence-corrected chi connectivity index (χ2v) is 6.77. The fourth-order valence-corrected chi connectivity index (χ4v) is 2.47. The summed E-state index contributed by atoms with van der Waals surface area (Å²) in [6.45, 7) is 9.45. The summed E-state index contributed by atoms with van der Waals surface area (Å²) in [5, 5.41) is 4.43. The van der Waals surface area contributed by atoms with Gasteiger partial charge in [-0.3, -0.25) is 5.43 Å². The first-order valence-electron chi connectivity index (χ1n) is 5.88. The summed E-state index contributed by atoms with van der Waals surface area (Å²) in [4.78, 5) is 10.9. The van der Waals surface area contributed by atoms with Gasteiger partial charge < -0.3 is 5.32 Å². The Morgan fingerprint density at radius 3 is 2.67 bits per heavy atom. The Kier molecular flexibility index (Phi) is 3.41. The van der Waals surface area contributed by atoms with Crippen LogP contribution in [-0.2, 0) is 0 Å². The van der Waals surface area contributed by atoms with Crippen LogP contribution in [0, 0.1) is 12.3 Å². The Morgan fingerprint density at radius 2 is 2.06 bits per heavy atom. The van der Waals surface area contributed by atoms with E-state index in [9.17, 15) is 0 Å². The van der Waals surface area contributed by atoms with Crippen LogP contribution in [0.2, 0.25) is 0 Å². The molecule has 0 spiro atoms. The second kappa shape index (κ2) is 4.70. The third kappa shape index (κ3) is 2.88. The van der Waals surface area contributed by atoms with Gasteiger partial charge in [-0.15, -0.1) is 11.3 Å². The molecule has 5 nitrogen and oxygen atoms in total. The average molecular weight is 265 g/mol. The number of thiophene rings is 1. The van der Waals surface area contributed by atoms with Crippen molar-refractivity contribution in [1.82, 2.24) is 9.97 Å². The summed E-state index contributed by atoms with van der Waals surface area (Å²) in [5.74, 6) is 6.69. The van der Waals surface area contributed by atoms with Gasteiger partial charge in [0.05, 0.1) is 5.39 Å². The Morgan fingerprint density at radius 1 is 1.33 bits per heavy atom. The van der Waals surface area contributed by atoms with Crippen LogP contribution < -0.4 is 16.6 Å². The molecule has 0 aromatic carbocycles. The zero-order valence-corrected chi connectivity index (χ0v) is 12.0. The molecular formula is C12H19N5S. The van der Waals surface area contributed by atoms with Crippen molar-refractivity contribution in [3.05, 3.63) is 10.9 Å². The van der Waals surface area contributed by atoms with Gasteiger partial charge in [-0.25, -0.2) is 10.8 Å². The number of anilines is 2. The predicted molar refractivity (Wildman–Crippen MR) is 77.9 cm³/mol. The number of fused-ring (bicyclic) bond motifs is 1. The molecule has 0 radical (unpaired) electrons. The van der Waals surface area contributed by atoms with Crippen LogP contribution in [0.5, 0.6) is 0 Å². The number of rotatable bonds is 3. The van der Waals surface area contributed by atoms with Gasteiger partial charge in [0.1, 0.15) is 10.6 Å². The topological polar surface area (TPSA) is 75.9 Å². The third-order valence-electron chi connectivity index (χ3n) is 2.43. The van der Waals surface area contributed by atoms with Gasteiger partial charge >= 0.3 is 0 Å². The summed E-state index contributed by atoms with van der Waals surface area (Å²) in [6, 6.07) is 2.10. The molecule has 98 valence electrons. The van der Waals surface area contributed by atoms with Crippen molar-refractivity contribution in [2.24, 2.45) is 11.3 Å². The summed E-state index contributed by atoms with van der Waals surface area (Å²) in [5.41, 5.74) is 2.70. The molecule has 2 aromatic rings. The van der Waals surface area contributed by atoms with E-state index in [1.54, 1.807) is 11.3 Å². The van der Waals surface area contributed by atoms with E-state index in [1.165, 1.54) is 4.88 Å². The highest BCUT2D eigenvalue weighted by Gasteiger charge is 2.14. The van der Waals surface area contributed by atoms with Gasteiger partial charge in [0.25, 0.3) is 0 Å². The lowest BCUT2D eigenvalue weighted by Crippen LogP contribution is -2.20. The number of nitrogens with zero attached hydrogens (tertiary/aromatic N) is 2. The monoisotopic (exact) mass is 265 g/mol. The number of aryl methyl sites for hydroxylation is 1. The summed E-state index contributed by atoms with van der Waals surface area (Å²) in [7, 11) is 0. The third-order valence-corrected chi connectivity index (χ3v) is 3.38. The zero-order chi connectivity index (χ0) is 13.3. The van der Waals surface area contributed by atoms with Crippen LogP contribution in [0.3, 0.4) is 0 Å². The highest BCUT2D eigenvalue weighted by atomic mass is 32.1. The molecule has 0 aliphatic rings. The lowest BCUT2D eigenvalue weighted by Gasteiger charge is -2.19. The summed E-state index contributed by atoms with van der Waals surface area (Å²) < 4.78 is 0. The molecule has 0 bridgehead atoms. The van der Waals surface area contributed by atoms with Crippen molar-refractivity contribution in [3.63, 3.8) is 0 Å². The van der Waals surface area contributed by atoms with Crippen LogP contribution in [0.15, 0.2) is 6.07 Å². The number of aromatic nitrogens is 2. The van der Waals surface area contributed by atoms with Crippen LogP contribution in [-0.4, -0.2) is 16.5 Å². The van der Waals surface area contributed by atoms with E-state index >= 15 is 0 Å². The molecule has 6 heteroatoms. The molecule has 2 aromatic heterocycles. The molecule has 18 heavy (non-hydrogen) atoms. The van der Waals surface area contributed by atoms with Gasteiger partial charge in [0.15, 0.2) is 0 Å². The molecule has 0 saturated heterocycles. The Hall–Kier alpha value is -1.40. The lowest BCUT2D eigenvalue weighted by atomic mass is 9.97. The van der Waals surface area contributed by atoms with Gasteiger partial charge in [0, 0.05) is 11.4 Å².